The molecule has 2 saturated carbocycles. The Morgan fingerprint density at radius 1 is 1.11 bits per heavy atom. The van der Waals surface area contributed by atoms with E-state index in [1.54, 1.807) is 34.8 Å². The second-order valence-corrected chi connectivity index (χ2v) is 19.9. The Labute approximate surface area is 321 Å². The number of ether oxygens (including phenoxy) is 3. The van der Waals surface area contributed by atoms with Crippen molar-refractivity contribution in [3.63, 3.8) is 0 Å². The Morgan fingerprint density at radius 3 is 2.35 bits per heavy atom. The lowest BCUT2D eigenvalue weighted by Crippen LogP contribution is -2.59. The van der Waals surface area contributed by atoms with Crippen LogP contribution in [-0.4, -0.2) is 82.9 Å². The topological polar surface area (TPSA) is 166 Å². The molecule has 292 valence electrons. The minimum Gasteiger partial charge on any atom is -0.496 e. The average molecular weight is 782 g/mol. The van der Waals surface area contributed by atoms with Gasteiger partial charge < -0.3 is 19.5 Å². The first-order chi connectivity index (χ1) is 25.1. The van der Waals surface area contributed by atoms with Crippen LogP contribution in [0.1, 0.15) is 91.8 Å². The number of pyridine rings is 1. The number of likely N-dealkylation sites (tertiary alicyclic amines) is 1. The first-order valence-corrected chi connectivity index (χ1v) is 20.6. The van der Waals surface area contributed by atoms with Crippen LogP contribution in [0.3, 0.4) is 0 Å². The fourth-order valence-corrected chi connectivity index (χ4v) is 9.25. The van der Waals surface area contributed by atoms with Gasteiger partial charge in [0.1, 0.15) is 45.5 Å². The van der Waals surface area contributed by atoms with Crippen molar-refractivity contribution in [1.29, 1.82) is 0 Å². The molecule has 0 unspecified atom stereocenters. The number of fused-ring (bicyclic) bond motifs is 1. The highest BCUT2D eigenvalue weighted by Crippen LogP contribution is 2.48. The lowest BCUT2D eigenvalue weighted by atomic mass is 9.81. The average Bonchev–Trinajstić information content (AvgIpc) is 3.91. The standard InChI is InChI=1S/C39H51N5O8S2/c1-12-23-18-39(23,34(46)43-54(48,49)38(10)15-16-38)42-32(45)31-37(8,9)29(19-44(31)35(47)52-36(5,6)7)51-28-17-25(33-41-26(20-53-33)21(2)3)40-30-22(4)27(50-11)14-13-24(28)30/h12-14,17,20-21,23,29,31H,1,15-16,18-19H2,2-11H3,(H,42,45)(H,43,46)/t23-,29+,31-,39-/m1/s1. The summed E-state index contributed by atoms with van der Waals surface area (Å²) in [6, 6.07) is 4.37. The summed E-state index contributed by atoms with van der Waals surface area (Å²) in [5.74, 6) is -0.623. The van der Waals surface area contributed by atoms with Crippen LogP contribution in [0.2, 0.25) is 0 Å². The molecule has 0 spiro atoms. The lowest BCUT2D eigenvalue weighted by molar-refractivity contribution is -0.134. The molecule has 3 aromatic rings. The molecule has 3 fully saturated rings. The van der Waals surface area contributed by atoms with E-state index in [2.05, 4.69) is 30.5 Å². The van der Waals surface area contributed by atoms with Gasteiger partial charge in [-0.1, -0.05) is 33.8 Å². The van der Waals surface area contributed by atoms with Crippen molar-refractivity contribution in [1.82, 2.24) is 24.9 Å². The number of amides is 3. The van der Waals surface area contributed by atoms with Crippen LogP contribution in [0.4, 0.5) is 4.79 Å². The molecule has 2 aliphatic carbocycles. The van der Waals surface area contributed by atoms with E-state index in [1.807, 2.05) is 44.4 Å². The normalized spacial score (nSPS) is 24.2. The molecule has 2 N–H and O–H groups in total. The number of hydrogen-bond donors (Lipinski definition) is 2. The third kappa shape index (κ3) is 7.04. The van der Waals surface area contributed by atoms with E-state index in [0.717, 1.165) is 11.3 Å². The first kappa shape index (κ1) is 39.5. The maximum absolute atomic E-state index is 14.5. The van der Waals surface area contributed by atoms with E-state index in [0.29, 0.717) is 45.9 Å². The molecule has 1 aliphatic heterocycles. The van der Waals surface area contributed by atoms with Gasteiger partial charge in [0.25, 0.3) is 5.91 Å². The van der Waals surface area contributed by atoms with E-state index in [1.165, 1.54) is 22.3 Å². The highest BCUT2D eigenvalue weighted by molar-refractivity contribution is 7.91. The monoisotopic (exact) mass is 781 g/mol. The summed E-state index contributed by atoms with van der Waals surface area (Å²) >= 11 is 1.48. The van der Waals surface area contributed by atoms with Gasteiger partial charge in [-0.3, -0.25) is 19.2 Å². The van der Waals surface area contributed by atoms with E-state index in [4.69, 9.17) is 24.2 Å². The van der Waals surface area contributed by atoms with E-state index in [9.17, 15) is 22.8 Å². The summed E-state index contributed by atoms with van der Waals surface area (Å²) in [7, 11) is -2.39. The van der Waals surface area contributed by atoms with Crippen molar-refractivity contribution in [3.8, 4) is 22.2 Å². The molecule has 4 atom stereocenters. The van der Waals surface area contributed by atoms with Gasteiger partial charge in [0, 0.05) is 33.7 Å². The Hall–Kier alpha value is -4.24. The number of aryl methyl sites for hydroxylation is 1. The van der Waals surface area contributed by atoms with Gasteiger partial charge in [-0.15, -0.1) is 17.9 Å². The van der Waals surface area contributed by atoms with Crippen LogP contribution < -0.4 is 19.5 Å². The molecule has 6 rings (SSSR count). The minimum atomic E-state index is -3.98. The molecule has 54 heavy (non-hydrogen) atoms. The quantitative estimate of drug-likeness (QED) is 0.213. The number of sulfonamides is 1. The number of hydrogen-bond acceptors (Lipinski definition) is 11. The summed E-state index contributed by atoms with van der Waals surface area (Å²) in [6.45, 7) is 20.3. The number of rotatable bonds is 11. The molecular weight excluding hydrogens is 731 g/mol. The molecular formula is C39H51N5O8S2. The summed E-state index contributed by atoms with van der Waals surface area (Å²) in [4.78, 5) is 53.3. The van der Waals surface area contributed by atoms with Crippen LogP contribution in [0.15, 0.2) is 36.2 Å². The second kappa shape index (κ2) is 13.5. The molecule has 3 amide bonds. The minimum absolute atomic E-state index is 0.0279. The smallest absolute Gasteiger partial charge is 0.411 e. The number of nitrogens with one attached hydrogen (secondary N) is 2. The number of thiazole rings is 1. The number of aromatic nitrogens is 2. The SMILES string of the molecule is C=C[C@@H]1C[C@]1(NC(=O)[C@H]1N(C(=O)OC(C)(C)C)C[C@H](Oc2cc(-c3nc(C(C)C)cs3)nc3c(C)c(OC)ccc23)C1(C)C)C(=O)NS(=O)(=O)C1(C)CC1. The Morgan fingerprint density at radius 2 is 1.80 bits per heavy atom. The van der Waals surface area contributed by atoms with Gasteiger partial charge >= 0.3 is 6.09 Å². The molecule has 13 nitrogen and oxygen atoms in total. The molecule has 1 saturated heterocycles. The van der Waals surface area contributed by atoms with Gasteiger partial charge in [0.2, 0.25) is 15.9 Å². The van der Waals surface area contributed by atoms with Gasteiger partial charge in [0.15, 0.2) is 0 Å². The Balaban J connectivity index is 1.38. The van der Waals surface area contributed by atoms with Crippen LogP contribution >= 0.6 is 11.3 Å². The molecule has 2 aromatic heterocycles. The van der Waals surface area contributed by atoms with Gasteiger partial charge in [-0.25, -0.2) is 23.2 Å². The largest absolute Gasteiger partial charge is 0.496 e. The molecule has 15 heteroatoms. The van der Waals surface area contributed by atoms with Crippen molar-refractivity contribution >= 4 is 50.2 Å². The number of carbonyl (C=O) groups is 3. The fraction of sp³-hybridized carbons (Fsp3) is 0.564. The molecule has 1 aromatic carbocycles. The highest BCUT2D eigenvalue weighted by Gasteiger charge is 2.64. The Bertz CT molecular complexity index is 2140. The van der Waals surface area contributed by atoms with Gasteiger partial charge in [-0.05, 0) is 71.9 Å². The van der Waals surface area contributed by atoms with E-state index >= 15 is 0 Å². The molecule has 0 radical (unpaired) electrons. The summed E-state index contributed by atoms with van der Waals surface area (Å²) in [5.41, 5.74) is -0.481. The number of benzene rings is 1. The van der Waals surface area contributed by atoms with E-state index < -0.39 is 67.3 Å². The zero-order chi connectivity index (χ0) is 39.8. The molecule has 3 aliphatic rings. The highest BCUT2D eigenvalue weighted by atomic mass is 32.2. The number of nitrogens with zero attached hydrogens (tertiary/aromatic N) is 3. The number of carbonyl (C=O) groups excluding carboxylic acids is 3. The van der Waals surface area contributed by atoms with Crippen LogP contribution in [0.5, 0.6) is 11.5 Å². The Kier molecular flexibility index (Phi) is 9.86. The fourth-order valence-electron chi connectivity index (χ4n) is 7.00. The van der Waals surface area contributed by atoms with Crippen molar-refractivity contribution in [2.75, 3.05) is 13.7 Å². The summed E-state index contributed by atoms with van der Waals surface area (Å²) < 4.78 is 45.6. The number of methoxy groups -OCH3 is 1. The van der Waals surface area contributed by atoms with Gasteiger partial charge in [-0.2, -0.15) is 0 Å². The predicted molar refractivity (Wildman–Crippen MR) is 207 cm³/mol. The zero-order valence-electron chi connectivity index (χ0n) is 32.7. The maximum atomic E-state index is 14.5. The van der Waals surface area contributed by atoms with Crippen molar-refractivity contribution in [2.24, 2.45) is 11.3 Å². The van der Waals surface area contributed by atoms with Gasteiger partial charge in [0.05, 0.1) is 29.6 Å². The van der Waals surface area contributed by atoms with Crippen LogP contribution in [-0.2, 0) is 24.3 Å². The molecule has 0 bridgehead atoms. The summed E-state index contributed by atoms with van der Waals surface area (Å²) in [5, 5.41) is 6.30. The maximum Gasteiger partial charge on any atom is 0.411 e. The third-order valence-electron chi connectivity index (χ3n) is 10.9. The van der Waals surface area contributed by atoms with Crippen LogP contribution in [0, 0.1) is 18.3 Å². The second-order valence-electron chi connectivity index (χ2n) is 16.9. The van der Waals surface area contributed by atoms with Crippen molar-refractivity contribution < 1.29 is 37.0 Å². The van der Waals surface area contributed by atoms with Crippen molar-refractivity contribution in [2.45, 2.75) is 116 Å². The predicted octanol–water partition coefficient (Wildman–Crippen LogP) is 6.25. The van der Waals surface area contributed by atoms with E-state index in [-0.39, 0.29) is 18.9 Å². The summed E-state index contributed by atoms with van der Waals surface area (Å²) in [6.07, 6.45) is 1.07. The van der Waals surface area contributed by atoms with Crippen LogP contribution in [0.25, 0.3) is 21.6 Å². The third-order valence-corrected chi connectivity index (χ3v) is 14.0. The first-order valence-electron chi connectivity index (χ1n) is 18.2. The van der Waals surface area contributed by atoms with Crippen molar-refractivity contribution in [3.05, 3.63) is 47.5 Å². The lowest BCUT2D eigenvalue weighted by Gasteiger charge is -2.35. The molecule has 3 heterocycles. The zero-order valence-corrected chi connectivity index (χ0v) is 34.3.